The van der Waals surface area contributed by atoms with E-state index in [2.05, 4.69) is 35.9 Å². The molecule has 0 aliphatic carbocycles. The van der Waals surface area contributed by atoms with Gasteiger partial charge in [0.25, 0.3) is 5.91 Å². The van der Waals surface area contributed by atoms with E-state index >= 15 is 0 Å². The van der Waals surface area contributed by atoms with Gasteiger partial charge in [-0.25, -0.2) is 4.79 Å². The van der Waals surface area contributed by atoms with E-state index in [1.54, 1.807) is 30.1 Å². The molecule has 0 unspecified atom stereocenters. The second-order valence-electron chi connectivity index (χ2n) is 11.2. The van der Waals surface area contributed by atoms with Crippen LogP contribution in [0.2, 0.25) is 0 Å². The van der Waals surface area contributed by atoms with Crippen LogP contribution in [0.15, 0.2) is 72.8 Å². The second kappa shape index (κ2) is 13.1. The fraction of sp³-hybridized carbons (Fsp3) is 0.364. The van der Waals surface area contributed by atoms with Crippen LogP contribution < -0.4 is 20.7 Å². The summed E-state index contributed by atoms with van der Waals surface area (Å²) >= 11 is 0. The SMILES string of the molecule is CC(C)c1cccc(NC(=O)C[C@H]2CC[C@H]3[C@@H](COc4ccc(NC(=O)NCc5ccccc5)cc4C(=O)N3C)O2)c1. The third kappa shape index (κ3) is 7.09. The van der Waals surface area contributed by atoms with Crippen LogP contribution in [0, 0.1) is 0 Å². The number of likely N-dealkylation sites (N-methyl/N-ethyl adjacent to an activating group) is 1. The fourth-order valence-electron chi connectivity index (χ4n) is 5.45. The molecular formula is C33H38N4O5. The number of amides is 4. The van der Waals surface area contributed by atoms with E-state index in [4.69, 9.17) is 9.47 Å². The highest BCUT2D eigenvalue weighted by atomic mass is 16.5. The van der Waals surface area contributed by atoms with Gasteiger partial charge in [-0.1, -0.05) is 56.3 Å². The van der Waals surface area contributed by atoms with Crippen molar-refractivity contribution >= 4 is 29.2 Å². The molecule has 220 valence electrons. The maximum absolute atomic E-state index is 13.5. The average Bonchev–Trinajstić information content (AvgIpc) is 2.99. The Balaban J connectivity index is 1.19. The number of nitrogens with zero attached hydrogens (tertiary/aromatic N) is 1. The van der Waals surface area contributed by atoms with Gasteiger partial charge >= 0.3 is 6.03 Å². The number of urea groups is 1. The monoisotopic (exact) mass is 570 g/mol. The number of hydrogen-bond donors (Lipinski definition) is 3. The van der Waals surface area contributed by atoms with Gasteiger partial charge < -0.3 is 30.3 Å². The van der Waals surface area contributed by atoms with Crippen LogP contribution in [0.5, 0.6) is 5.75 Å². The van der Waals surface area contributed by atoms with Crippen LogP contribution in [-0.4, -0.2) is 54.6 Å². The Kier molecular flexibility index (Phi) is 9.07. The van der Waals surface area contributed by atoms with E-state index in [-0.39, 0.29) is 49.1 Å². The summed E-state index contributed by atoms with van der Waals surface area (Å²) in [6, 6.07) is 22.0. The summed E-state index contributed by atoms with van der Waals surface area (Å²) in [6.45, 7) is 4.87. The van der Waals surface area contributed by atoms with Crippen molar-refractivity contribution in [3.63, 3.8) is 0 Å². The Morgan fingerprint density at radius 2 is 1.74 bits per heavy atom. The number of carbonyl (C=O) groups excluding carboxylic acids is 3. The normalized spacial score (nSPS) is 20.0. The number of carbonyl (C=O) groups is 3. The first-order valence-electron chi connectivity index (χ1n) is 14.4. The predicted octanol–water partition coefficient (Wildman–Crippen LogP) is 5.54. The van der Waals surface area contributed by atoms with Gasteiger partial charge in [-0.3, -0.25) is 9.59 Å². The van der Waals surface area contributed by atoms with Gasteiger partial charge in [0.05, 0.1) is 24.1 Å². The Hall–Kier alpha value is -4.37. The third-order valence-electron chi connectivity index (χ3n) is 7.82. The Morgan fingerprint density at radius 3 is 2.52 bits per heavy atom. The Morgan fingerprint density at radius 1 is 0.952 bits per heavy atom. The third-order valence-corrected chi connectivity index (χ3v) is 7.82. The highest BCUT2D eigenvalue weighted by Crippen LogP contribution is 2.32. The van der Waals surface area contributed by atoms with Gasteiger partial charge in [-0.2, -0.15) is 0 Å². The molecule has 2 heterocycles. The van der Waals surface area contributed by atoms with Gasteiger partial charge in [0.1, 0.15) is 18.5 Å². The zero-order chi connectivity index (χ0) is 29.6. The summed E-state index contributed by atoms with van der Waals surface area (Å²) in [5.74, 6) is 0.484. The maximum Gasteiger partial charge on any atom is 0.319 e. The molecule has 9 heteroatoms. The van der Waals surface area contributed by atoms with E-state index in [9.17, 15) is 14.4 Å². The average molecular weight is 571 g/mol. The van der Waals surface area contributed by atoms with E-state index in [0.29, 0.717) is 42.3 Å². The molecule has 3 N–H and O–H groups in total. The molecule has 4 amide bonds. The van der Waals surface area contributed by atoms with E-state index in [0.717, 1.165) is 11.3 Å². The molecule has 0 bridgehead atoms. The van der Waals surface area contributed by atoms with Crippen molar-refractivity contribution in [2.75, 3.05) is 24.3 Å². The van der Waals surface area contributed by atoms with Crippen LogP contribution in [0.3, 0.4) is 0 Å². The first-order chi connectivity index (χ1) is 20.3. The van der Waals surface area contributed by atoms with Crippen molar-refractivity contribution in [1.29, 1.82) is 0 Å². The smallest absolute Gasteiger partial charge is 0.319 e. The number of fused-ring (bicyclic) bond motifs is 2. The van der Waals surface area contributed by atoms with Crippen LogP contribution in [0.4, 0.5) is 16.2 Å². The molecule has 2 aliphatic heterocycles. The van der Waals surface area contributed by atoms with Crippen LogP contribution in [0.1, 0.15) is 60.5 Å². The highest BCUT2D eigenvalue weighted by Gasteiger charge is 2.39. The first kappa shape index (κ1) is 29.1. The lowest BCUT2D eigenvalue weighted by Gasteiger charge is -2.42. The van der Waals surface area contributed by atoms with Gasteiger partial charge in [-0.15, -0.1) is 0 Å². The van der Waals surface area contributed by atoms with Gasteiger partial charge in [0.2, 0.25) is 5.91 Å². The molecule has 42 heavy (non-hydrogen) atoms. The predicted molar refractivity (Wildman–Crippen MR) is 162 cm³/mol. The van der Waals surface area contributed by atoms with Crippen LogP contribution >= 0.6 is 0 Å². The highest BCUT2D eigenvalue weighted by molar-refractivity contribution is 5.99. The van der Waals surface area contributed by atoms with Crippen molar-refractivity contribution in [3.8, 4) is 5.75 Å². The number of anilines is 2. The summed E-state index contributed by atoms with van der Waals surface area (Å²) in [7, 11) is 1.76. The van der Waals surface area contributed by atoms with Crippen LogP contribution in [-0.2, 0) is 16.1 Å². The molecule has 3 aromatic carbocycles. The molecule has 2 aliphatic rings. The molecule has 9 nitrogen and oxygen atoms in total. The number of rotatable bonds is 7. The van der Waals surface area contributed by atoms with Gasteiger partial charge in [0.15, 0.2) is 0 Å². The van der Waals surface area contributed by atoms with Crippen molar-refractivity contribution in [1.82, 2.24) is 10.2 Å². The van der Waals surface area contributed by atoms with Gasteiger partial charge in [-0.05, 0) is 60.2 Å². The maximum atomic E-state index is 13.5. The minimum atomic E-state index is -0.371. The number of benzene rings is 3. The molecule has 3 aromatic rings. The molecule has 3 atom stereocenters. The number of hydrogen-bond acceptors (Lipinski definition) is 5. The molecule has 1 fully saturated rings. The largest absolute Gasteiger partial charge is 0.490 e. The molecule has 0 spiro atoms. The fourth-order valence-corrected chi connectivity index (χ4v) is 5.45. The standard InChI is InChI=1S/C33H38N4O5/c1-21(2)23-10-7-11-24(16-23)35-31(38)18-26-13-14-28-30(42-26)20-41-29-15-12-25(17-27(29)32(39)37(28)3)36-33(40)34-19-22-8-5-4-6-9-22/h4-12,15-17,21,26,28,30H,13-14,18-20H2,1-3H3,(H,35,38)(H2,34,36,40)/t26-,28+,30-/m1/s1. The summed E-state index contributed by atoms with van der Waals surface area (Å²) < 4.78 is 12.4. The van der Waals surface area contributed by atoms with Crippen molar-refractivity contribution < 1.29 is 23.9 Å². The van der Waals surface area contributed by atoms with E-state index in [1.165, 1.54) is 5.56 Å². The molecule has 0 saturated carbocycles. The van der Waals surface area contributed by atoms with E-state index < -0.39 is 0 Å². The zero-order valence-corrected chi connectivity index (χ0v) is 24.3. The van der Waals surface area contributed by atoms with Gasteiger partial charge in [0, 0.05) is 25.0 Å². The summed E-state index contributed by atoms with van der Waals surface area (Å²) in [4.78, 5) is 40.5. The van der Waals surface area contributed by atoms with Crippen LogP contribution in [0.25, 0.3) is 0 Å². The van der Waals surface area contributed by atoms with Crippen molar-refractivity contribution in [3.05, 3.63) is 89.5 Å². The number of ether oxygens (including phenoxy) is 2. The lowest BCUT2D eigenvalue weighted by Crippen LogP contribution is -2.53. The topological polar surface area (TPSA) is 109 Å². The van der Waals surface area contributed by atoms with Crippen molar-refractivity contribution in [2.45, 2.75) is 63.8 Å². The summed E-state index contributed by atoms with van der Waals surface area (Å²) in [6.07, 6.45) is 0.918. The minimum Gasteiger partial charge on any atom is -0.490 e. The summed E-state index contributed by atoms with van der Waals surface area (Å²) in [5, 5.41) is 8.62. The minimum absolute atomic E-state index is 0.103. The molecular weight excluding hydrogens is 532 g/mol. The molecule has 0 radical (unpaired) electrons. The number of nitrogens with one attached hydrogen (secondary N) is 3. The lowest BCUT2D eigenvalue weighted by atomic mass is 9.94. The molecule has 5 rings (SSSR count). The lowest BCUT2D eigenvalue weighted by molar-refractivity contribution is -0.130. The molecule has 0 aromatic heterocycles. The Labute approximate surface area is 246 Å². The quantitative estimate of drug-likeness (QED) is 0.346. The zero-order valence-electron chi connectivity index (χ0n) is 24.3. The summed E-state index contributed by atoms with van der Waals surface area (Å²) in [5.41, 5.74) is 3.80. The first-order valence-corrected chi connectivity index (χ1v) is 14.4. The van der Waals surface area contributed by atoms with Crippen molar-refractivity contribution in [2.24, 2.45) is 0 Å². The second-order valence-corrected chi connectivity index (χ2v) is 11.2. The Bertz CT molecular complexity index is 1430. The van der Waals surface area contributed by atoms with E-state index in [1.807, 2.05) is 48.5 Å². The molecule has 1 saturated heterocycles.